The van der Waals surface area contributed by atoms with E-state index < -0.39 is 0 Å². The number of hydrogen-bond acceptors (Lipinski definition) is 6. The Kier molecular flexibility index (Phi) is 3.45. The van der Waals surface area contributed by atoms with E-state index in [-0.39, 0.29) is 12.0 Å². The number of rotatable bonds is 5. The predicted molar refractivity (Wildman–Crippen MR) is 77.3 cm³/mol. The summed E-state index contributed by atoms with van der Waals surface area (Å²) in [6.07, 6.45) is 9.81. The van der Waals surface area contributed by atoms with Crippen LogP contribution in [0.1, 0.15) is 25.7 Å². The summed E-state index contributed by atoms with van der Waals surface area (Å²) in [5.74, 6) is 6.69. The largest absolute Gasteiger partial charge is 0.396 e. The fraction of sp³-hybridized carbons (Fsp3) is 0.538. The van der Waals surface area contributed by atoms with E-state index in [0.29, 0.717) is 18.2 Å². The zero-order chi connectivity index (χ0) is 14.0. The molecule has 20 heavy (non-hydrogen) atoms. The van der Waals surface area contributed by atoms with Gasteiger partial charge in [0.1, 0.15) is 0 Å². The van der Waals surface area contributed by atoms with Gasteiger partial charge < -0.3 is 20.2 Å². The number of nitrogens with two attached hydrogens (primary N) is 1. The van der Waals surface area contributed by atoms with Gasteiger partial charge in [0, 0.05) is 24.4 Å². The Hall–Kier alpha value is -1.86. The predicted octanol–water partition coefficient (Wildman–Crippen LogP) is 0.979. The Morgan fingerprint density at radius 3 is 2.90 bits per heavy atom. The molecule has 3 rings (SSSR count). The van der Waals surface area contributed by atoms with Crippen molar-refractivity contribution in [3.63, 3.8) is 0 Å². The maximum atomic E-state index is 9.65. The first-order chi connectivity index (χ1) is 9.76. The number of aliphatic hydroxyl groups is 1. The van der Waals surface area contributed by atoms with Gasteiger partial charge >= 0.3 is 0 Å². The second-order valence-electron chi connectivity index (χ2n) is 5.50. The van der Waals surface area contributed by atoms with E-state index >= 15 is 0 Å². The summed E-state index contributed by atoms with van der Waals surface area (Å²) in [6, 6.07) is 0. The van der Waals surface area contributed by atoms with Crippen LogP contribution in [0.3, 0.4) is 0 Å². The number of fused-ring (bicyclic) bond motifs is 1. The van der Waals surface area contributed by atoms with E-state index in [0.717, 1.165) is 18.5 Å². The number of hydrogen-bond donors (Lipinski definition) is 4. The summed E-state index contributed by atoms with van der Waals surface area (Å²) in [7, 11) is 0. The average Bonchev–Trinajstić information content (AvgIpc) is 3.14. The van der Waals surface area contributed by atoms with Crippen molar-refractivity contribution in [2.45, 2.75) is 25.7 Å². The number of anilines is 2. The van der Waals surface area contributed by atoms with Crippen molar-refractivity contribution in [3.8, 4) is 0 Å². The lowest BCUT2D eigenvalue weighted by Crippen LogP contribution is -2.31. The van der Waals surface area contributed by atoms with E-state index in [4.69, 9.17) is 5.84 Å². The molecule has 0 aliphatic heterocycles. The fourth-order valence-corrected chi connectivity index (χ4v) is 2.91. The Morgan fingerprint density at radius 1 is 1.40 bits per heavy atom. The van der Waals surface area contributed by atoms with E-state index in [1.54, 1.807) is 12.4 Å². The smallest absolute Gasteiger partial charge is 0.180 e. The molecule has 1 saturated carbocycles. The van der Waals surface area contributed by atoms with Crippen LogP contribution in [0.2, 0.25) is 0 Å². The van der Waals surface area contributed by atoms with Crippen LogP contribution in [0.5, 0.6) is 0 Å². The minimum absolute atomic E-state index is 0.0303. The number of nitrogens with one attached hydrogen (secondary N) is 2. The molecule has 1 aliphatic rings. The van der Waals surface area contributed by atoms with Gasteiger partial charge in [-0.05, 0) is 12.8 Å². The summed E-state index contributed by atoms with van der Waals surface area (Å²) >= 11 is 0. The molecule has 108 valence electrons. The Morgan fingerprint density at radius 2 is 2.20 bits per heavy atom. The first-order valence-corrected chi connectivity index (χ1v) is 6.91. The molecule has 0 aromatic carbocycles. The highest BCUT2D eigenvalue weighted by atomic mass is 16.3. The molecule has 1 fully saturated rings. The Labute approximate surface area is 117 Å². The zero-order valence-corrected chi connectivity index (χ0v) is 11.3. The first-order valence-electron chi connectivity index (χ1n) is 6.91. The number of hydrazine groups is 1. The standard InChI is InChI=1S/C13H20N6O/c14-18-10-7-19-6-5-15-12(19)11(17-10)16-8-13(9-20)3-1-2-4-13/h5-7,18,20H,1-4,8-9,14H2,(H,16,17). The van der Waals surface area contributed by atoms with Crippen molar-refractivity contribution in [2.75, 3.05) is 23.9 Å². The molecule has 1 aliphatic carbocycles. The molecule has 5 N–H and O–H groups in total. The van der Waals surface area contributed by atoms with Crippen LogP contribution in [0.25, 0.3) is 5.65 Å². The van der Waals surface area contributed by atoms with Crippen LogP contribution in [-0.2, 0) is 0 Å². The lowest BCUT2D eigenvalue weighted by Gasteiger charge is -2.27. The Bertz CT molecular complexity index is 590. The Balaban J connectivity index is 1.84. The molecule has 0 atom stereocenters. The summed E-state index contributed by atoms with van der Waals surface area (Å²) in [5, 5.41) is 13.0. The molecule has 7 nitrogen and oxygen atoms in total. The molecule has 7 heteroatoms. The van der Waals surface area contributed by atoms with Gasteiger partial charge in [0.2, 0.25) is 0 Å². The van der Waals surface area contributed by atoms with Crippen molar-refractivity contribution >= 4 is 17.3 Å². The van der Waals surface area contributed by atoms with Crippen LogP contribution in [0.4, 0.5) is 11.6 Å². The number of nitrogen functional groups attached to an aromatic ring is 1. The number of imidazole rings is 1. The van der Waals surface area contributed by atoms with Gasteiger partial charge in [-0.1, -0.05) is 12.8 Å². The maximum Gasteiger partial charge on any atom is 0.180 e. The number of aliphatic hydroxyl groups excluding tert-OH is 1. The number of nitrogens with zero attached hydrogens (tertiary/aromatic N) is 3. The lowest BCUT2D eigenvalue weighted by atomic mass is 9.87. The topological polar surface area (TPSA) is 100 Å². The average molecular weight is 276 g/mol. The molecule has 0 unspecified atom stereocenters. The van der Waals surface area contributed by atoms with E-state index in [9.17, 15) is 5.11 Å². The van der Waals surface area contributed by atoms with Crippen LogP contribution in [0.15, 0.2) is 18.6 Å². The summed E-state index contributed by atoms with van der Waals surface area (Å²) in [5.41, 5.74) is 3.28. The van der Waals surface area contributed by atoms with E-state index in [2.05, 4.69) is 20.7 Å². The molecular formula is C13H20N6O. The summed E-state index contributed by atoms with van der Waals surface area (Å²) in [4.78, 5) is 8.70. The van der Waals surface area contributed by atoms with Gasteiger partial charge in [0.25, 0.3) is 0 Å². The first kappa shape index (κ1) is 13.1. The molecule has 0 amide bonds. The highest BCUT2D eigenvalue weighted by molar-refractivity contribution is 5.65. The van der Waals surface area contributed by atoms with Crippen molar-refractivity contribution in [1.29, 1.82) is 0 Å². The second kappa shape index (κ2) is 5.26. The highest BCUT2D eigenvalue weighted by Crippen LogP contribution is 2.37. The van der Waals surface area contributed by atoms with Gasteiger partial charge in [-0.2, -0.15) is 0 Å². The van der Waals surface area contributed by atoms with Gasteiger partial charge in [-0.3, -0.25) is 0 Å². The quantitative estimate of drug-likeness (QED) is 0.480. The molecule has 0 saturated heterocycles. The number of aromatic nitrogens is 3. The molecule has 0 bridgehead atoms. The fourth-order valence-electron chi connectivity index (χ4n) is 2.91. The zero-order valence-electron chi connectivity index (χ0n) is 11.3. The van der Waals surface area contributed by atoms with Gasteiger partial charge in [-0.15, -0.1) is 0 Å². The molecule has 2 aromatic rings. The van der Waals surface area contributed by atoms with Crippen molar-refractivity contribution < 1.29 is 5.11 Å². The molecular weight excluding hydrogens is 256 g/mol. The third-order valence-corrected chi connectivity index (χ3v) is 4.15. The van der Waals surface area contributed by atoms with Crippen LogP contribution < -0.4 is 16.6 Å². The summed E-state index contributed by atoms with van der Waals surface area (Å²) in [6.45, 7) is 0.909. The van der Waals surface area contributed by atoms with Gasteiger partial charge in [0.15, 0.2) is 17.3 Å². The van der Waals surface area contributed by atoms with Crippen molar-refractivity contribution in [3.05, 3.63) is 18.6 Å². The minimum atomic E-state index is -0.0303. The van der Waals surface area contributed by atoms with Crippen LogP contribution in [0, 0.1) is 5.41 Å². The monoisotopic (exact) mass is 276 g/mol. The minimum Gasteiger partial charge on any atom is -0.396 e. The SMILES string of the molecule is NNc1cn2ccnc2c(NCC2(CO)CCCC2)n1. The van der Waals surface area contributed by atoms with Gasteiger partial charge in [-0.25, -0.2) is 15.8 Å². The molecule has 2 aromatic heterocycles. The lowest BCUT2D eigenvalue weighted by molar-refractivity contribution is 0.142. The van der Waals surface area contributed by atoms with Crippen molar-refractivity contribution in [2.24, 2.45) is 11.3 Å². The third kappa shape index (κ3) is 2.30. The van der Waals surface area contributed by atoms with Crippen LogP contribution >= 0.6 is 0 Å². The normalized spacial score (nSPS) is 17.5. The maximum absolute atomic E-state index is 9.65. The van der Waals surface area contributed by atoms with E-state index in [1.807, 2.05) is 10.6 Å². The molecule has 0 spiro atoms. The van der Waals surface area contributed by atoms with Crippen molar-refractivity contribution in [1.82, 2.24) is 14.4 Å². The third-order valence-electron chi connectivity index (χ3n) is 4.15. The molecule has 2 heterocycles. The molecule has 0 radical (unpaired) electrons. The second-order valence-corrected chi connectivity index (χ2v) is 5.50. The van der Waals surface area contributed by atoms with Crippen LogP contribution in [-0.4, -0.2) is 32.6 Å². The van der Waals surface area contributed by atoms with Gasteiger partial charge in [0.05, 0.1) is 12.8 Å². The highest BCUT2D eigenvalue weighted by Gasteiger charge is 2.33. The summed E-state index contributed by atoms with van der Waals surface area (Å²) < 4.78 is 1.87. The van der Waals surface area contributed by atoms with E-state index in [1.165, 1.54) is 12.8 Å².